The molecule has 3 rings (SSSR count). The Bertz CT molecular complexity index is 661. The minimum absolute atomic E-state index is 0.0250. The van der Waals surface area contributed by atoms with Crippen LogP contribution in [0.3, 0.4) is 0 Å². The summed E-state index contributed by atoms with van der Waals surface area (Å²) in [6.45, 7) is 2.42. The number of benzene rings is 1. The molecule has 0 saturated heterocycles. The number of hydrogen-bond donors (Lipinski definition) is 2. The van der Waals surface area contributed by atoms with E-state index in [-0.39, 0.29) is 30.3 Å². The van der Waals surface area contributed by atoms with E-state index in [1.54, 1.807) is 24.3 Å². The van der Waals surface area contributed by atoms with E-state index >= 15 is 0 Å². The van der Waals surface area contributed by atoms with Crippen molar-refractivity contribution in [2.45, 2.75) is 44.7 Å². The summed E-state index contributed by atoms with van der Waals surface area (Å²) >= 11 is 0. The number of amides is 1. The van der Waals surface area contributed by atoms with Crippen molar-refractivity contribution in [3.8, 4) is 0 Å². The maximum absolute atomic E-state index is 12.3. The minimum Gasteiger partial charge on any atom is -0.480 e. The van der Waals surface area contributed by atoms with Gasteiger partial charge in [-0.2, -0.15) is 0 Å². The highest BCUT2D eigenvalue weighted by molar-refractivity contribution is 5.97. The van der Waals surface area contributed by atoms with Gasteiger partial charge < -0.3 is 10.4 Å². The van der Waals surface area contributed by atoms with Crippen molar-refractivity contribution in [3.05, 3.63) is 35.4 Å². The van der Waals surface area contributed by atoms with E-state index in [1.807, 2.05) is 4.90 Å². The van der Waals surface area contributed by atoms with Gasteiger partial charge in [-0.1, -0.05) is 12.1 Å². The molecule has 2 aliphatic rings. The molecule has 0 aliphatic heterocycles. The number of ketones is 1. The molecule has 0 spiro atoms. The Labute approximate surface area is 147 Å². The monoisotopic (exact) mass is 344 g/mol. The number of carboxylic acid groups (broad SMARTS) is 1. The number of carbonyl (C=O) groups is 3. The zero-order valence-corrected chi connectivity index (χ0v) is 14.4. The molecular weight excluding hydrogens is 320 g/mol. The highest BCUT2D eigenvalue weighted by Gasteiger charge is 2.37. The summed E-state index contributed by atoms with van der Waals surface area (Å²) < 4.78 is 0. The van der Waals surface area contributed by atoms with Crippen LogP contribution in [0.5, 0.6) is 0 Å². The van der Waals surface area contributed by atoms with Gasteiger partial charge in [0.1, 0.15) is 0 Å². The third kappa shape index (κ3) is 4.66. The fraction of sp³-hybridized carbons (Fsp3) is 0.526. The number of rotatable bonds is 8. The summed E-state index contributed by atoms with van der Waals surface area (Å²) in [5.74, 6) is -0.319. The number of carboxylic acids is 1. The van der Waals surface area contributed by atoms with Crippen LogP contribution in [-0.2, 0) is 4.79 Å². The van der Waals surface area contributed by atoms with Crippen molar-refractivity contribution in [3.63, 3.8) is 0 Å². The Morgan fingerprint density at radius 2 is 1.72 bits per heavy atom. The van der Waals surface area contributed by atoms with Crippen molar-refractivity contribution in [1.29, 1.82) is 0 Å². The highest BCUT2D eigenvalue weighted by Crippen LogP contribution is 2.33. The summed E-state index contributed by atoms with van der Waals surface area (Å²) in [6, 6.07) is 6.95. The second-order valence-electron chi connectivity index (χ2n) is 7.20. The largest absolute Gasteiger partial charge is 0.480 e. The van der Waals surface area contributed by atoms with E-state index in [0.717, 1.165) is 19.4 Å². The summed E-state index contributed by atoms with van der Waals surface area (Å²) in [5.41, 5.74) is 1.12. The van der Waals surface area contributed by atoms with Gasteiger partial charge in [-0.05, 0) is 50.7 Å². The predicted octanol–water partition coefficient (Wildman–Crippen LogP) is 1.95. The molecule has 1 aromatic carbocycles. The smallest absolute Gasteiger partial charge is 0.317 e. The predicted molar refractivity (Wildman–Crippen MR) is 92.7 cm³/mol. The topological polar surface area (TPSA) is 86.7 Å². The molecule has 2 N–H and O–H groups in total. The summed E-state index contributed by atoms with van der Waals surface area (Å²) in [5, 5.41) is 12.1. The van der Waals surface area contributed by atoms with Gasteiger partial charge in [-0.25, -0.2) is 0 Å². The number of hydrogen-bond acceptors (Lipinski definition) is 4. The zero-order chi connectivity index (χ0) is 18.0. The van der Waals surface area contributed by atoms with Crippen LogP contribution >= 0.6 is 0 Å². The first-order valence-electron chi connectivity index (χ1n) is 8.80. The molecule has 0 heterocycles. The van der Waals surface area contributed by atoms with Gasteiger partial charge in [0.2, 0.25) is 0 Å². The van der Waals surface area contributed by atoms with Gasteiger partial charge >= 0.3 is 5.97 Å². The van der Waals surface area contributed by atoms with E-state index in [1.165, 1.54) is 19.8 Å². The second kappa shape index (κ2) is 7.35. The number of nitrogens with one attached hydrogen (secondary N) is 1. The lowest BCUT2D eigenvalue weighted by atomic mass is 9.85. The van der Waals surface area contributed by atoms with Gasteiger partial charge in [0, 0.05) is 29.8 Å². The maximum atomic E-state index is 12.3. The quantitative estimate of drug-likeness (QED) is 0.704. The Hall–Kier alpha value is -2.21. The maximum Gasteiger partial charge on any atom is 0.317 e. The van der Waals surface area contributed by atoms with Crippen LogP contribution in [0, 0.1) is 5.92 Å². The third-order valence-electron chi connectivity index (χ3n) is 5.05. The van der Waals surface area contributed by atoms with E-state index in [4.69, 9.17) is 5.11 Å². The molecule has 25 heavy (non-hydrogen) atoms. The highest BCUT2D eigenvalue weighted by atomic mass is 16.4. The van der Waals surface area contributed by atoms with Gasteiger partial charge in [-0.15, -0.1) is 0 Å². The molecule has 1 amide bonds. The van der Waals surface area contributed by atoms with Crippen LogP contribution in [-0.4, -0.2) is 52.8 Å². The van der Waals surface area contributed by atoms with E-state index in [9.17, 15) is 14.4 Å². The molecule has 2 fully saturated rings. The average Bonchev–Trinajstić information content (AvgIpc) is 3.33. The molecule has 0 unspecified atom stereocenters. The van der Waals surface area contributed by atoms with Crippen LogP contribution in [0.1, 0.15) is 53.3 Å². The fourth-order valence-electron chi connectivity index (χ4n) is 3.28. The number of aliphatic carboxylic acids is 1. The van der Waals surface area contributed by atoms with Gasteiger partial charge in [0.05, 0.1) is 6.54 Å². The lowest BCUT2D eigenvalue weighted by Crippen LogP contribution is -2.55. The molecule has 2 aliphatic carbocycles. The summed E-state index contributed by atoms with van der Waals surface area (Å²) in [4.78, 5) is 36.6. The lowest BCUT2D eigenvalue weighted by Gasteiger charge is -2.42. The molecule has 0 bridgehead atoms. The Morgan fingerprint density at radius 1 is 1.12 bits per heavy atom. The number of nitrogens with zero attached hydrogens (tertiary/aromatic N) is 1. The molecule has 0 radical (unpaired) electrons. The van der Waals surface area contributed by atoms with E-state index in [2.05, 4.69) is 5.32 Å². The van der Waals surface area contributed by atoms with Crippen molar-refractivity contribution in [2.75, 3.05) is 13.1 Å². The number of Topliss-reactive ketones (excluding diaryl/α,β-unsaturated/α-hetero) is 1. The SMILES string of the molecule is CC(=O)c1ccc(C(=O)NC2CC(N(CC(=O)O)CC3CC3)C2)cc1. The van der Waals surface area contributed by atoms with Crippen LogP contribution in [0.4, 0.5) is 0 Å². The third-order valence-corrected chi connectivity index (χ3v) is 5.05. The molecule has 134 valence electrons. The number of carbonyl (C=O) groups excluding carboxylic acids is 2. The summed E-state index contributed by atoms with van der Waals surface area (Å²) in [7, 11) is 0. The zero-order valence-electron chi connectivity index (χ0n) is 14.4. The van der Waals surface area contributed by atoms with Crippen molar-refractivity contribution in [1.82, 2.24) is 10.2 Å². The van der Waals surface area contributed by atoms with Crippen molar-refractivity contribution >= 4 is 17.7 Å². The van der Waals surface area contributed by atoms with Gasteiger partial charge in [0.25, 0.3) is 5.91 Å². The molecule has 1 aromatic rings. The van der Waals surface area contributed by atoms with Crippen LogP contribution < -0.4 is 5.32 Å². The standard InChI is InChI=1S/C19H24N2O4/c1-12(22)14-4-6-15(7-5-14)19(25)20-16-8-17(9-16)21(11-18(23)24)10-13-2-3-13/h4-7,13,16-17H,2-3,8-11H2,1H3,(H,20,25)(H,23,24). The Morgan fingerprint density at radius 3 is 2.24 bits per heavy atom. The van der Waals surface area contributed by atoms with Gasteiger partial charge in [-0.3, -0.25) is 19.3 Å². The normalized spacial score (nSPS) is 22.3. The van der Waals surface area contributed by atoms with Crippen molar-refractivity contribution in [2.24, 2.45) is 5.92 Å². The Kier molecular flexibility index (Phi) is 5.18. The molecule has 0 atom stereocenters. The summed E-state index contributed by atoms with van der Waals surface area (Å²) in [6.07, 6.45) is 3.97. The average molecular weight is 344 g/mol. The van der Waals surface area contributed by atoms with Crippen LogP contribution in [0.25, 0.3) is 0 Å². The molecule has 0 aromatic heterocycles. The lowest BCUT2D eigenvalue weighted by molar-refractivity contribution is -0.139. The van der Waals surface area contributed by atoms with Gasteiger partial charge in [0.15, 0.2) is 5.78 Å². The Balaban J connectivity index is 1.49. The van der Waals surface area contributed by atoms with Crippen molar-refractivity contribution < 1.29 is 19.5 Å². The van der Waals surface area contributed by atoms with Crippen LogP contribution in [0.15, 0.2) is 24.3 Å². The molecule has 6 nitrogen and oxygen atoms in total. The fourth-order valence-corrected chi connectivity index (χ4v) is 3.28. The first-order chi connectivity index (χ1) is 11.9. The van der Waals surface area contributed by atoms with Crippen LogP contribution in [0.2, 0.25) is 0 Å². The van der Waals surface area contributed by atoms with E-state index < -0.39 is 5.97 Å². The first-order valence-corrected chi connectivity index (χ1v) is 8.80. The minimum atomic E-state index is -0.793. The first kappa shape index (κ1) is 17.6. The molecular formula is C19H24N2O4. The molecule has 2 saturated carbocycles. The van der Waals surface area contributed by atoms with E-state index in [0.29, 0.717) is 17.0 Å². The second-order valence-corrected chi connectivity index (χ2v) is 7.20. The molecule has 6 heteroatoms.